The van der Waals surface area contributed by atoms with Crippen molar-refractivity contribution in [1.29, 1.82) is 0 Å². The van der Waals surface area contributed by atoms with Crippen molar-refractivity contribution in [2.75, 3.05) is 52.4 Å². The van der Waals surface area contributed by atoms with E-state index < -0.39 is 12.0 Å². The van der Waals surface area contributed by atoms with E-state index in [9.17, 15) is 9.59 Å². The van der Waals surface area contributed by atoms with Gasteiger partial charge >= 0.3 is 0 Å². The van der Waals surface area contributed by atoms with Crippen LogP contribution in [0.15, 0.2) is 42.5 Å². The lowest BCUT2D eigenvalue weighted by molar-refractivity contribution is -0.129. The van der Waals surface area contributed by atoms with E-state index in [4.69, 9.17) is 14.2 Å². The number of hydrogen-bond acceptors (Lipinski definition) is 6. The SMILES string of the molecule is CCN(CC)CCNC(=O)C1CCC(=O)N(c2ccc(OC)cc2)C1c1ccc(OC)c(OC)c1. The van der Waals surface area contributed by atoms with Gasteiger partial charge in [0.1, 0.15) is 5.75 Å². The molecule has 1 heterocycles. The van der Waals surface area contributed by atoms with Crippen molar-refractivity contribution in [3.63, 3.8) is 0 Å². The molecule has 0 aromatic heterocycles. The van der Waals surface area contributed by atoms with Crippen molar-refractivity contribution in [2.24, 2.45) is 5.92 Å². The molecule has 8 nitrogen and oxygen atoms in total. The van der Waals surface area contributed by atoms with Crippen LogP contribution in [-0.2, 0) is 9.59 Å². The molecule has 190 valence electrons. The van der Waals surface area contributed by atoms with E-state index in [1.54, 1.807) is 26.2 Å². The van der Waals surface area contributed by atoms with Crippen LogP contribution in [0.5, 0.6) is 17.2 Å². The highest BCUT2D eigenvalue weighted by atomic mass is 16.5. The molecule has 0 saturated carbocycles. The summed E-state index contributed by atoms with van der Waals surface area (Å²) in [6, 6.07) is 12.4. The smallest absolute Gasteiger partial charge is 0.227 e. The summed E-state index contributed by atoms with van der Waals surface area (Å²) in [6.45, 7) is 7.43. The molecule has 0 spiro atoms. The van der Waals surface area contributed by atoms with Gasteiger partial charge in [0.15, 0.2) is 11.5 Å². The average Bonchev–Trinajstić information content (AvgIpc) is 2.90. The van der Waals surface area contributed by atoms with Gasteiger partial charge in [0.2, 0.25) is 11.8 Å². The lowest BCUT2D eigenvalue weighted by Gasteiger charge is -2.41. The van der Waals surface area contributed by atoms with Gasteiger partial charge in [-0.1, -0.05) is 19.9 Å². The van der Waals surface area contributed by atoms with Gasteiger partial charge in [-0.3, -0.25) is 9.59 Å². The quantitative estimate of drug-likeness (QED) is 0.526. The van der Waals surface area contributed by atoms with Crippen molar-refractivity contribution >= 4 is 17.5 Å². The number of nitrogens with one attached hydrogen (secondary N) is 1. The number of methoxy groups -OCH3 is 3. The fourth-order valence-corrected chi connectivity index (χ4v) is 4.64. The lowest BCUT2D eigenvalue weighted by Crippen LogP contribution is -2.49. The van der Waals surface area contributed by atoms with Gasteiger partial charge in [0.25, 0.3) is 0 Å². The van der Waals surface area contributed by atoms with Gasteiger partial charge in [-0.2, -0.15) is 0 Å². The Kier molecular flexibility index (Phi) is 9.37. The van der Waals surface area contributed by atoms with Gasteiger partial charge in [-0.25, -0.2) is 0 Å². The van der Waals surface area contributed by atoms with Crippen molar-refractivity contribution in [1.82, 2.24) is 10.2 Å². The van der Waals surface area contributed by atoms with Gasteiger partial charge in [-0.15, -0.1) is 0 Å². The topological polar surface area (TPSA) is 80.3 Å². The third-order valence-corrected chi connectivity index (χ3v) is 6.66. The Bertz CT molecular complexity index is 991. The van der Waals surface area contributed by atoms with Crippen molar-refractivity contribution < 1.29 is 23.8 Å². The number of ether oxygens (including phenoxy) is 3. The molecular formula is C27H37N3O5. The van der Waals surface area contributed by atoms with Crippen LogP contribution < -0.4 is 24.4 Å². The average molecular weight is 484 g/mol. The fourth-order valence-electron chi connectivity index (χ4n) is 4.64. The Hall–Kier alpha value is -3.26. The fraction of sp³-hybridized carbons (Fsp3) is 0.481. The number of nitrogens with zero attached hydrogens (tertiary/aromatic N) is 2. The molecule has 1 aliphatic heterocycles. The zero-order chi connectivity index (χ0) is 25.4. The van der Waals surface area contributed by atoms with Gasteiger partial charge in [0.05, 0.1) is 33.3 Å². The molecule has 35 heavy (non-hydrogen) atoms. The molecular weight excluding hydrogens is 446 g/mol. The first kappa shape index (κ1) is 26.3. The number of carbonyl (C=O) groups excluding carboxylic acids is 2. The number of amides is 2. The maximum atomic E-state index is 13.5. The van der Waals surface area contributed by atoms with E-state index in [1.807, 2.05) is 42.5 Å². The maximum Gasteiger partial charge on any atom is 0.227 e. The predicted molar refractivity (Wildman–Crippen MR) is 136 cm³/mol. The van der Waals surface area contributed by atoms with Crippen LogP contribution in [0.3, 0.4) is 0 Å². The Balaban J connectivity index is 1.98. The van der Waals surface area contributed by atoms with Crippen LogP contribution in [0.25, 0.3) is 0 Å². The summed E-state index contributed by atoms with van der Waals surface area (Å²) in [7, 11) is 4.76. The predicted octanol–water partition coefficient (Wildman–Crippen LogP) is 3.65. The molecule has 0 bridgehead atoms. The Morgan fingerprint density at radius 2 is 1.69 bits per heavy atom. The Morgan fingerprint density at radius 1 is 1.00 bits per heavy atom. The Labute approximate surface area is 208 Å². The summed E-state index contributed by atoms with van der Waals surface area (Å²) in [5, 5.41) is 3.11. The minimum Gasteiger partial charge on any atom is -0.497 e. The van der Waals surface area contributed by atoms with E-state index in [0.29, 0.717) is 36.6 Å². The summed E-state index contributed by atoms with van der Waals surface area (Å²) < 4.78 is 16.2. The van der Waals surface area contributed by atoms with E-state index in [1.165, 1.54) is 0 Å². The van der Waals surface area contributed by atoms with E-state index in [-0.39, 0.29) is 11.8 Å². The molecule has 2 amide bonds. The molecule has 3 rings (SSSR count). The van der Waals surface area contributed by atoms with Gasteiger partial charge in [0, 0.05) is 25.2 Å². The first-order valence-corrected chi connectivity index (χ1v) is 12.1. The highest BCUT2D eigenvalue weighted by Crippen LogP contribution is 2.42. The number of benzene rings is 2. The maximum absolute atomic E-state index is 13.5. The zero-order valence-electron chi connectivity index (χ0n) is 21.4. The summed E-state index contributed by atoms with van der Waals surface area (Å²) in [5.41, 5.74) is 1.53. The van der Waals surface area contributed by atoms with Gasteiger partial charge in [-0.05, 0) is 61.5 Å². The van der Waals surface area contributed by atoms with Crippen molar-refractivity contribution in [3.8, 4) is 17.2 Å². The molecule has 1 saturated heterocycles. The van der Waals surface area contributed by atoms with E-state index in [0.717, 1.165) is 30.9 Å². The molecule has 1 N–H and O–H groups in total. The zero-order valence-corrected chi connectivity index (χ0v) is 21.4. The number of carbonyl (C=O) groups is 2. The molecule has 1 aliphatic rings. The highest BCUT2D eigenvalue weighted by molar-refractivity contribution is 5.97. The third-order valence-electron chi connectivity index (χ3n) is 6.66. The van der Waals surface area contributed by atoms with Crippen LogP contribution in [0.1, 0.15) is 38.3 Å². The number of rotatable bonds is 11. The minimum atomic E-state index is -0.488. The van der Waals surface area contributed by atoms with E-state index in [2.05, 4.69) is 24.1 Å². The normalized spacial score (nSPS) is 17.9. The third kappa shape index (κ3) is 6.06. The highest BCUT2D eigenvalue weighted by Gasteiger charge is 2.41. The van der Waals surface area contributed by atoms with Crippen LogP contribution >= 0.6 is 0 Å². The Morgan fingerprint density at radius 3 is 2.29 bits per heavy atom. The summed E-state index contributed by atoms with van der Waals surface area (Å²) in [6.07, 6.45) is 0.769. The van der Waals surface area contributed by atoms with Crippen LogP contribution in [0, 0.1) is 5.92 Å². The largest absolute Gasteiger partial charge is 0.497 e. The second kappa shape index (κ2) is 12.4. The second-order valence-electron chi connectivity index (χ2n) is 8.48. The molecule has 1 fully saturated rings. The first-order chi connectivity index (χ1) is 17.0. The second-order valence-corrected chi connectivity index (χ2v) is 8.48. The molecule has 8 heteroatoms. The van der Waals surface area contributed by atoms with Crippen molar-refractivity contribution in [3.05, 3.63) is 48.0 Å². The van der Waals surface area contributed by atoms with E-state index >= 15 is 0 Å². The number of likely N-dealkylation sites (N-methyl/N-ethyl adjacent to an activating group) is 1. The van der Waals surface area contributed by atoms with Crippen molar-refractivity contribution in [2.45, 2.75) is 32.7 Å². The number of anilines is 1. The molecule has 2 unspecified atom stereocenters. The first-order valence-electron chi connectivity index (χ1n) is 12.1. The molecule has 0 radical (unpaired) electrons. The number of piperidine rings is 1. The molecule has 2 aromatic carbocycles. The standard InChI is InChI=1S/C27H37N3O5/c1-6-29(7-2)17-16-28-27(32)22-13-15-25(31)30(20-9-11-21(33-3)12-10-20)26(22)19-8-14-23(34-4)24(18-19)35-5/h8-12,14,18,22,26H,6-7,13,15-17H2,1-5H3,(H,28,32). The van der Waals surface area contributed by atoms with Gasteiger partial charge < -0.3 is 29.3 Å². The minimum absolute atomic E-state index is 0.0258. The lowest BCUT2D eigenvalue weighted by atomic mass is 9.83. The molecule has 0 aliphatic carbocycles. The van der Waals surface area contributed by atoms with Crippen LogP contribution in [0.4, 0.5) is 5.69 Å². The summed E-state index contributed by atoms with van der Waals surface area (Å²) >= 11 is 0. The number of hydrogen-bond donors (Lipinski definition) is 1. The molecule has 2 aromatic rings. The molecule has 2 atom stereocenters. The van der Waals surface area contributed by atoms with Crippen LogP contribution in [-0.4, -0.2) is 64.2 Å². The summed E-state index contributed by atoms with van der Waals surface area (Å²) in [4.78, 5) is 30.7. The monoisotopic (exact) mass is 483 g/mol. The van der Waals surface area contributed by atoms with Crippen LogP contribution in [0.2, 0.25) is 0 Å². The summed E-state index contributed by atoms with van der Waals surface area (Å²) in [5.74, 6) is 1.36.